The number of nitrogen functional groups attached to an aromatic ring is 1. The van der Waals surface area contributed by atoms with Gasteiger partial charge in [-0.1, -0.05) is 6.07 Å². The van der Waals surface area contributed by atoms with Crippen LogP contribution in [0.2, 0.25) is 0 Å². The van der Waals surface area contributed by atoms with Gasteiger partial charge in [-0.25, -0.2) is 0 Å². The van der Waals surface area contributed by atoms with Gasteiger partial charge in [0, 0.05) is 16.2 Å². The quantitative estimate of drug-likeness (QED) is 0.819. The van der Waals surface area contributed by atoms with E-state index in [9.17, 15) is 4.79 Å². The summed E-state index contributed by atoms with van der Waals surface area (Å²) in [5.74, 6) is 0.313. The average Bonchev–Trinajstić information content (AvgIpc) is 2.61. The van der Waals surface area contributed by atoms with Crippen molar-refractivity contribution in [2.75, 3.05) is 11.1 Å². The van der Waals surface area contributed by atoms with Crippen LogP contribution in [0.5, 0.6) is 0 Å². The Morgan fingerprint density at radius 2 is 2.29 bits per heavy atom. The predicted molar refractivity (Wildman–Crippen MR) is 74.7 cm³/mol. The van der Waals surface area contributed by atoms with Crippen molar-refractivity contribution in [1.29, 1.82) is 0 Å². The number of hydrogen-bond acceptors (Lipinski definition) is 3. The molecule has 1 aromatic heterocycles. The number of rotatable bonds is 2. The summed E-state index contributed by atoms with van der Waals surface area (Å²) in [6.07, 6.45) is 1.50. The van der Waals surface area contributed by atoms with Crippen molar-refractivity contribution >= 4 is 40.0 Å². The SMILES string of the molecule is Cn1ncc(N)c1NC(=O)c1cccc(I)c1. The minimum atomic E-state index is -0.196. The molecule has 0 bridgehead atoms. The molecular weight excluding hydrogens is 331 g/mol. The third-order valence-corrected chi connectivity index (χ3v) is 2.96. The first-order valence-corrected chi connectivity index (χ1v) is 6.00. The van der Waals surface area contributed by atoms with Gasteiger partial charge in [0.05, 0.1) is 11.9 Å². The first-order valence-electron chi connectivity index (χ1n) is 4.92. The molecule has 3 N–H and O–H groups in total. The van der Waals surface area contributed by atoms with Crippen LogP contribution in [0.15, 0.2) is 30.5 Å². The van der Waals surface area contributed by atoms with Crippen LogP contribution in [0.1, 0.15) is 10.4 Å². The third-order valence-electron chi connectivity index (χ3n) is 2.29. The van der Waals surface area contributed by atoms with Gasteiger partial charge in [0.2, 0.25) is 0 Å². The lowest BCUT2D eigenvalue weighted by Crippen LogP contribution is -2.15. The number of aryl methyl sites for hydroxylation is 1. The van der Waals surface area contributed by atoms with Gasteiger partial charge in [-0.2, -0.15) is 5.10 Å². The number of hydrogen-bond donors (Lipinski definition) is 2. The van der Waals surface area contributed by atoms with E-state index in [4.69, 9.17) is 5.73 Å². The number of aromatic nitrogens is 2. The fourth-order valence-corrected chi connectivity index (χ4v) is 1.96. The zero-order chi connectivity index (χ0) is 12.4. The molecule has 0 saturated carbocycles. The van der Waals surface area contributed by atoms with Gasteiger partial charge in [0.15, 0.2) is 5.82 Å². The molecule has 88 valence electrons. The lowest BCUT2D eigenvalue weighted by molar-refractivity contribution is 0.102. The van der Waals surface area contributed by atoms with Crippen molar-refractivity contribution in [1.82, 2.24) is 9.78 Å². The number of amides is 1. The molecule has 0 aliphatic rings. The topological polar surface area (TPSA) is 72.9 Å². The van der Waals surface area contributed by atoms with Crippen LogP contribution in [0.3, 0.4) is 0 Å². The summed E-state index contributed by atoms with van der Waals surface area (Å²) in [5, 5.41) is 6.69. The van der Waals surface area contributed by atoms with E-state index in [0.29, 0.717) is 17.1 Å². The van der Waals surface area contributed by atoms with Crippen LogP contribution >= 0.6 is 22.6 Å². The van der Waals surface area contributed by atoms with E-state index in [-0.39, 0.29) is 5.91 Å². The molecule has 0 aliphatic carbocycles. The fraction of sp³-hybridized carbons (Fsp3) is 0.0909. The highest BCUT2D eigenvalue weighted by atomic mass is 127. The summed E-state index contributed by atoms with van der Waals surface area (Å²) in [6.45, 7) is 0. The number of nitrogens with two attached hydrogens (primary N) is 1. The predicted octanol–water partition coefficient (Wildman–Crippen LogP) is 1.86. The van der Waals surface area contributed by atoms with E-state index in [1.165, 1.54) is 10.9 Å². The van der Waals surface area contributed by atoms with Crippen molar-refractivity contribution in [3.05, 3.63) is 39.6 Å². The van der Waals surface area contributed by atoms with E-state index in [2.05, 4.69) is 33.0 Å². The lowest BCUT2D eigenvalue weighted by Gasteiger charge is -2.06. The molecule has 6 heteroatoms. The minimum Gasteiger partial charge on any atom is -0.394 e. The van der Waals surface area contributed by atoms with Crippen LogP contribution < -0.4 is 11.1 Å². The number of nitrogens with one attached hydrogen (secondary N) is 1. The largest absolute Gasteiger partial charge is 0.394 e. The summed E-state index contributed by atoms with van der Waals surface area (Å²) in [5.41, 5.74) is 6.74. The molecule has 0 atom stereocenters. The second kappa shape index (κ2) is 4.74. The highest BCUT2D eigenvalue weighted by Gasteiger charge is 2.11. The second-order valence-electron chi connectivity index (χ2n) is 3.54. The molecule has 0 radical (unpaired) electrons. The molecule has 1 heterocycles. The maximum atomic E-state index is 12.0. The fourth-order valence-electron chi connectivity index (χ4n) is 1.42. The summed E-state index contributed by atoms with van der Waals surface area (Å²) >= 11 is 2.16. The van der Waals surface area contributed by atoms with Gasteiger partial charge >= 0.3 is 0 Å². The number of anilines is 2. The van der Waals surface area contributed by atoms with E-state index < -0.39 is 0 Å². The van der Waals surface area contributed by atoms with Crippen LogP contribution in [0, 0.1) is 3.57 Å². The molecule has 0 unspecified atom stereocenters. The maximum Gasteiger partial charge on any atom is 0.256 e. The second-order valence-corrected chi connectivity index (χ2v) is 4.78. The highest BCUT2D eigenvalue weighted by Crippen LogP contribution is 2.17. The monoisotopic (exact) mass is 342 g/mol. The van der Waals surface area contributed by atoms with Crippen molar-refractivity contribution in [2.24, 2.45) is 7.05 Å². The van der Waals surface area contributed by atoms with Gasteiger partial charge in [-0.15, -0.1) is 0 Å². The molecule has 5 nitrogen and oxygen atoms in total. The van der Waals surface area contributed by atoms with Crippen LogP contribution in [0.25, 0.3) is 0 Å². The van der Waals surface area contributed by atoms with Crippen LogP contribution in [0.4, 0.5) is 11.5 Å². The first kappa shape index (κ1) is 11.9. The van der Waals surface area contributed by atoms with Gasteiger partial charge in [0.1, 0.15) is 0 Å². The number of carbonyl (C=O) groups is 1. The molecule has 0 saturated heterocycles. The van der Waals surface area contributed by atoms with E-state index in [0.717, 1.165) is 3.57 Å². The molecule has 2 rings (SSSR count). The summed E-state index contributed by atoms with van der Waals surface area (Å²) in [4.78, 5) is 12.0. The first-order chi connectivity index (χ1) is 8.08. The normalized spacial score (nSPS) is 10.2. The zero-order valence-corrected chi connectivity index (χ0v) is 11.3. The van der Waals surface area contributed by atoms with Crippen LogP contribution in [-0.2, 0) is 7.05 Å². The molecule has 1 aromatic carbocycles. The molecule has 1 amide bonds. The minimum absolute atomic E-state index is 0.196. The Hall–Kier alpha value is -1.57. The Labute approximate surface area is 112 Å². The van der Waals surface area contributed by atoms with Gasteiger partial charge in [-0.05, 0) is 40.8 Å². The Morgan fingerprint density at radius 1 is 1.53 bits per heavy atom. The summed E-state index contributed by atoms with van der Waals surface area (Å²) in [6, 6.07) is 7.32. The van der Waals surface area contributed by atoms with Gasteiger partial charge in [0.25, 0.3) is 5.91 Å². The molecule has 0 spiro atoms. The zero-order valence-electron chi connectivity index (χ0n) is 9.14. The molecule has 0 aliphatic heterocycles. The van der Waals surface area contributed by atoms with Crippen LogP contribution in [-0.4, -0.2) is 15.7 Å². The third kappa shape index (κ3) is 2.57. The van der Waals surface area contributed by atoms with Gasteiger partial charge < -0.3 is 11.1 Å². The molecule has 0 fully saturated rings. The smallest absolute Gasteiger partial charge is 0.256 e. The Balaban J connectivity index is 2.23. The van der Waals surface area contributed by atoms with E-state index >= 15 is 0 Å². The maximum absolute atomic E-state index is 12.0. The summed E-state index contributed by atoms with van der Waals surface area (Å²) < 4.78 is 2.54. The van der Waals surface area contributed by atoms with E-state index in [1.807, 2.05) is 18.2 Å². The lowest BCUT2D eigenvalue weighted by atomic mass is 10.2. The van der Waals surface area contributed by atoms with Crippen molar-refractivity contribution < 1.29 is 4.79 Å². The molecular formula is C11H11IN4O. The average molecular weight is 342 g/mol. The summed E-state index contributed by atoms with van der Waals surface area (Å²) in [7, 11) is 1.72. The highest BCUT2D eigenvalue weighted by molar-refractivity contribution is 14.1. The molecule has 17 heavy (non-hydrogen) atoms. The van der Waals surface area contributed by atoms with Gasteiger partial charge in [-0.3, -0.25) is 9.48 Å². The Bertz CT molecular complexity index is 545. The Kier molecular flexibility index (Phi) is 3.32. The van der Waals surface area contributed by atoms with Crippen molar-refractivity contribution in [3.8, 4) is 0 Å². The number of carbonyl (C=O) groups excluding carboxylic acids is 1. The number of benzene rings is 1. The van der Waals surface area contributed by atoms with E-state index in [1.54, 1.807) is 13.1 Å². The number of halogens is 1. The molecule has 2 aromatic rings. The van der Waals surface area contributed by atoms with Crippen molar-refractivity contribution in [3.63, 3.8) is 0 Å². The van der Waals surface area contributed by atoms with Crippen molar-refractivity contribution in [2.45, 2.75) is 0 Å². The Morgan fingerprint density at radius 3 is 2.88 bits per heavy atom. The number of nitrogens with zero attached hydrogens (tertiary/aromatic N) is 2. The standard InChI is InChI=1S/C11H11IN4O/c1-16-10(9(13)6-14-16)15-11(17)7-3-2-4-8(12)5-7/h2-6H,13H2,1H3,(H,15,17).